The standard InChI is InChI=1S/C18H23N3O2/c1-21(2)13-18(22)20-16-10-8-15(9-11-16)19-12-14-6-4-5-7-17(14)23-3/h4-11,19H,12-13H2,1-3H3,(H,20,22). The summed E-state index contributed by atoms with van der Waals surface area (Å²) in [5.74, 6) is 0.845. The first-order valence-electron chi connectivity index (χ1n) is 7.49. The molecule has 0 fully saturated rings. The molecule has 2 aromatic rings. The highest BCUT2D eigenvalue weighted by Crippen LogP contribution is 2.20. The predicted octanol–water partition coefficient (Wildman–Crippen LogP) is 2.81. The second kappa shape index (κ2) is 8.19. The molecule has 0 radical (unpaired) electrons. The minimum atomic E-state index is -0.0234. The fourth-order valence-electron chi connectivity index (χ4n) is 2.21. The van der Waals surface area contributed by atoms with Gasteiger partial charge in [-0.15, -0.1) is 0 Å². The number of hydrogen-bond acceptors (Lipinski definition) is 4. The molecule has 0 aliphatic carbocycles. The molecule has 1 amide bonds. The van der Waals surface area contributed by atoms with Crippen LogP contribution in [0.25, 0.3) is 0 Å². The highest BCUT2D eigenvalue weighted by molar-refractivity contribution is 5.92. The molecule has 0 heterocycles. The summed E-state index contributed by atoms with van der Waals surface area (Å²) in [5, 5.41) is 6.21. The number of nitrogens with zero attached hydrogens (tertiary/aromatic N) is 1. The molecular formula is C18H23N3O2. The molecule has 0 saturated heterocycles. The summed E-state index contributed by atoms with van der Waals surface area (Å²) < 4.78 is 5.34. The number of amides is 1. The number of methoxy groups -OCH3 is 1. The number of hydrogen-bond donors (Lipinski definition) is 2. The Labute approximate surface area is 137 Å². The number of ether oxygens (including phenoxy) is 1. The second-order valence-electron chi connectivity index (χ2n) is 5.53. The first-order chi connectivity index (χ1) is 11.1. The Morgan fingerprint density at radius 3 is 2.35 bits per heavy atom. The van der Waals surface area contributed by atoms with E-state index in [9.17, 15) is 4.79 Å². The Bertz CT molecular complexity index is 639. The maximum Gasteiger partial charge on any atom is 0.238 e. The second-order valence-corrected chi connectivity index (χ2v) is 5.53. The molecule has 122 valence electrons. The van der Waals surface area contributed by atoms with Crippen molar-refractivity contribution in [3.05, 3.63) is 54.1 Å². The van der Waals surface area contributed by atoms with Gasteiger partial charge in [0.25, 0.3) is 0 Å². The number of nitrogens with one attached hydrogen (secondary N) is 2. The number of benzene rings is 2. The quantitative estimate of drug-likeness (QED) is 0.825. The van der Waals surface area contributed by atoms with E-state index in [0.717, 1.165) is 22.7 Å². The number of rotatable bonds is 7. The minimum Gasteiger partial charge on any atom is -0.496 e. The number of carbonyl (C=O) groups is 1. The largest absolute Gasteiger partial charge is 0.496 e. The first-order valence-corrected chi connectivity index (χ1v) is 7.49. The van der Waals surface area contributed by atoms with Gasteiger partial charge in [0.1, 0.15) is 5.75 Å². The van der Waals surface area contributed by atoms with Crippen LogP contribution < -0.4 is 15.4 Å². The van der Waals surface area contributed by atoms with E-state index >= 15 is 0 Å². The molecule has 0 unspecified atom stereocenters. The summed E-state index contributed by atoms with van der Waals surface area (Å²) in [4.78, 5) is 13.5. The number of anilines is 2. The predicted molar refractivity (Wildman–Crippen MR) is 93.9 cm³/mol. The number of carbonyl (C=O) groups excluding carboxylic acids is 1. The van der Waals surface area contributed by atoms with Gasteiger partial charge in [0.2, 0.25) is 5.91 Å². The molecule has 0 atom stereocenters. The van der Waals surface area contributed by atoms with Crippen molar-refractivity contribution in [1.82, 2.24) is 4.90 Å². The third kappa shape index (κ3) is 5.30. The Kier molecular flexibility index (Phi) is 6.00. The molecule has 0 saturated carbocycles. The van der Waals surface area contributed by atoms with Crippen molar-refractivity contribution in [1.29, 1.82) is 0 Å². The van der Waals surface area contributed by atoms with E-state index in [-0.39, 0.29) is 5.91 Å². The van der Waals surface area contributed by atoms with Crippen LogP contribution in [0.1, 0.15) is 5.56 Å². The van der Waals surface area contributed by atoms with E-state index in [1.54, 1.807) is 7.11 Å². The van der Waals surface area contributed by atoms with E-state index < -0.39 is 0 Å². The van der Waals surface area contributed by atoms with Crippen LogP contribution in [0, 0.1) is 0 Å². The molecule has 0 spiro atoms. The van der Waals surface area contributed by atoms with Gasteiger partial charge in [-0.05, 0) is 44.4 Å². The molecule has 0 aromatic heterocycles. The summed E-state index contributed by atoms with van der Waals surface area (Å²) in [5.41, 5.74) is 2.87. The summed E-state index contributed by atoms with van der Waals surface area (Å²) in [6, 6.07) is 15.6. The lowest BCUT2D eigenvalue weighted by Crippen LogP contribution is -2.27. The van der Waals surface area contributed by atoms with Gasteiger partial charge in [0, 0.05) is 23.5 Å². The van der Waals surface area contributed by atoms with E-state index in [4.69, 9.17) is 4.74 Å². The van der Waals surface area contributed by atoms with Crippen LogP contribution in [0.4, 0.5) is 11.4 Å². The summed E-state index contributed by atoms with van der Waals surface area (Å²) in [6.45, 7) is 1.05. The normalized spacial score (nSPS) is 10.4. The molecule has 0 aliphatic heterocycles. The third-order valence-corrected chi connectivity index (χ3v) is 3.30. The summed E-state index contributed by atoms with van der Waals surface area (Å²) in [7, 11) is 5.40. The van der Waals surface area contributed by atoms with Crippen LogP contribution in [0.15, 0.2) is 48.5 Å². The van der Waals surface area contributed by atoms with Gasteiger partial charge in [-0.2, -0.15) is 0 Å². The lowest BCUT2D eigenvalue weighted by molar-refractivity contribution is -0.116. The van der Waals surface area contributed by atoms with Gasteiger partial charge < -0.3 is 20.3 Å². The molecule has 23 heavy (non-hydrogen) atoms. The van der Waals surface area contributed by atoms with E-state index in [1.807, 2.05) is 67.5 Å². The van der Waals surface area contributed by atoms with Crippen molar-refractivity contribution in [2.75, 3.05) is 38.4 Å². The Morgan fingerprint density at radius 1 is 1.04 bits per heavy atom. The Morgan fingerprint density at radius 2 is 1.70 bits per heavy atom. The van der Waals surface area contributed by atoms with Crippen LogP contribution in [-0.2, 0) is 11.3 Å². The maximum atomic E-state index is 11.7. The highest BCUT2D eigenvalue weighted by Gasteiger charge is 2.04. The summed E-state index contributed by atoms with van der Waals surface area (Å²) >= 11 is 0. The SMILES string of the molecule is COc1ccccc1CNc1ccc(NC(=O)CN(C)C)cc1. The van der Waals surface area contributed by atoms with Crippen molar-refractivity contribution >= 4 is 17.3 Å². The molecule has 2 aromatic carbocycles. The van der Waals surface area contributed by atoms with Crippen LogP contribution >= 0.6 is 0 Å². The molecule has 0 bridgehead atoms. The summed E-state index contributed by atoms with van der Waals surface area (Å²) in [6.07, 6.45) is 0. The van der Waals surface area contributed by atoms with Gasteiger partial charge in [0.05, 0.1) is 13.7 Å². The van der Waals surface area contributed by atoms with E-state index in [1.165, 1.54) is 0 Å². The minimum absolute atomic E-state index is 0.0234. The van der Waals surface area contributed by atoms with Gasteiger partial charge in [-0.3, -0.25) is 4.79 Å². The van der Waals surface area contributed by atoms with E-state index in [2.05, 4.69) is 10.6 Å². The van der Waals surface area contributed by atoms with Crippen LogP contribution in [0.3, 0.4) is 0 Å². The maximum absolute atomic E-state index is 11.7. The van der Waals surface area contributed by atoms with Gasteiger partial charge in [-0.1, -0.05) is 18.2 Å². The lowest BCUT2D eigenvalue weighted by atomic mass is 10.2. The topological polar surface area (TPSA) is 53.6 Å². The highest BCUT2D eigenvalue weighted by atomic mass is 16.5. The van der Waals surface area contributed by atoms with E-state index in [0.29, 0.717) is 13.1 Å². The van der Waals surface area contributed by atoms with Crippen LogP contribution in [0.5, 0.6) is 5.75 Å². The van der Waals surface area contributed by atoms with Crippen molar-refractivity contribution in [2.24, 2.45) is 0 Å². The number of likely N-dealkylation sites (N-methyl/N-ethyl adjacent to an activating group) is 1. The fourth-order valence-corrected chi connectivity index (χ4v) is 2.21. The van der Waals surface area contributed by atoms with Gasteiger partial charge in [0.15, 0.2) is 0 Å². The monoisotopic (exact) mass is 313 g/mol. The molecule has 5 nitrogen and oxygen atoms in total. The van der Waals surface area contributed by atoms with Crippen LogP contribution in [-0.4, -0.2) is 38.6 Å². The zero-order valence-corrected chi connectivity index (χ0v) is 13.8. The molecule has 2 N–H and O–H groups in total. The first kappa shape index (κ1) is 16.8. The fraction of sp³-hybridized carbons (Fsp3) is 0.278. The van der Waals surface area contributed by atoms with Crippen molar-refractivity contribution < 1.29 is 9.53 Å². The molecule has 2 rings (SSSR count). The Hall–Kier alpha value is -2.53. The van der Waals surface area contributed by atoms with Crippen LogP contribution in [0.2, 0.25) is 0 Å². The van der Waals surface area contributed by atoms with Gasteiger partial charge in [-0.25, -0.2) is 0 Å². The molecular weight excluding hydrogens is 290 g/mol. The number of para-hydroxylation sites is 1. The van der Waals surface area contributed by atoms with Gasteiger partial charge >= 0.3 is 0 Å². The molecule has 0 aliphatic rings. The smallest absolute Gasteiger partial charge is 0.238 e. The molecule has 5 heteroatoms. The van der Waals surface area contributed by atoms with Crippen molar-refractivity contribution in [2.45, 2.75) is 6.54 Å². The average Bonchev–Trinajstić information content (AvgIpc) is 2.53. The third-order valence-electron chi connectivity index (χ3n) is 3.30. The average molecular weight is 313 g/mol. The zero-order valence-electron chi connectivity index (χ0n) is 13.8. The lowest BCUT2D eigenvalue weighted by Gasteiger charge is -2.12. The zero-order chi connectivity index (χ0) is 16.7. The Balaban J connectivity index is 1.91. The van der Waals surface area contributed by atoms with Crippen molar-refractivity contribution in [3.8, 4) is 5.75 Å². The van der Waals surface area contributed by atoms with Crippen molar-refractivity contribution in [3.63, 3.8) is 0 Å².